The van der Waals surface area contributed by atoms with Crippen molar-refractivity contribution in [2.24, 2.45) is 28.6 Å². The first-order valence-electron chi connectivity index (χ1n) is 16.7. The minimum Gasteiger partial charge on any atom is -0.480 e. The van der Waals surface area contributed by atoms with Crippen molar-refractivity contribution in [3.05, 3.63) is 23.3 Å². The molecule has 0 aromatic rings. The van der Waals surface area contributed by atoms with Crippen molar-refractivity contribution >= 4 is 22.6 Å². The molecule has 0 amide bonds. The number of hydrogen-bond acceptors (Lipinski definition) is 4. The zero-order chi connectivity index (χ0) is 31.7. The van der Waals surface area contributed by atoms with Crippen molar-refractivity contribution < 1.29 is 23.5 Å². The lowest BCUT2D eigenvalue weighted by Crippen LogP contribution is -2.62. The molecule has 0 heterocycles. The number of fused-ring (bicyclic) bond motifs is 5. The third kappa shape index (κ3) is 5.72. The van der Waals surface area contributed by atoms with Gasteiger partial charge in [0.1, 0.15) is 6.61 Å². The molecule has 0 aromatic carbocycles. The molecule has 5 nitrogen and oxygen atoms in total. The minimum absolute atomic E-state index is 0.0384. The normalized spacial score (nSPS) is 37.4. The summed E-state index contributed by atoms with van der Waals surface area (Å²) in [4.78, 5) is 11.9. The lowest BCUT2D eigenvalue weighted by atomic mass is 9.49. The molecule has 4 aliphatic rings. The Morgan fingerprint density at radius 3 is 2.12 bits per heavy atom. The SMILES string of the molecule is CC[C@H]1CCC2C3=CC=C4C[C@@](OCC(=O)O)(O[Si](C)(C)C(C)(C)C)C[C@H](O[Si](C)(C)C(C)(C)C)[C@]4(C)[C@H]3CC[C@@]21C. The van der Waals surface area contributed by atoms with Crippen LogP contribution in [0.15, 0.2) is 23.3 Å². The van der Waals surface area contributed by atoms with E-state index < -0.39 is 28.4 Å². The van der Waals surface area contributed by atoms with E-state index >= 15 is 0 Å². The number of rotatable bonds is 8. The molecule has 1 unspecified atom stereocenters. The first-order chi connectivity index (χ1) is 19.0. The summed E-state index contributed by atoms with van der Waals surface area (Å²) in [5.74, 6) is -0.0895. The molecule has 1 N–H and O–H groups in total. The highest BCUT2D eigenvalue weighted by atomic mass is 28.4. The van der Waals surface area contributed by atoms with Crippen molar-refractivity contribution in [3.63, 3.8) is 0 Å². The average molecular weight is 619 g/mol. The maximum absolute atomic E-state index is 11.9. The molecule has 0 saturated heterocycles. The Bertz CT molecular complexity index is 1110. The molecule has 3 saturated carbocycles. The number of ether oxygens (including phenoxy) is 1. The van der Waals surface area contributed by atoms with Gasteiger partial charge in [0.05, 0.1) is 6.10 Å². The Morgan fingerprint density at radius 1 is 0.952 bits per heavy atom. The van der Waals surface area contributed by atoms with E-state index in [-0.39, 0.29) is 28.2 Å². The van der Waals surface area contributed by atoms with Gasteiger partial charge in [-0.3, -0.25) is 0 Å². The fourth-order valence-electron chi connectivity index (χ4n) is 8.51. The van der Waals surface area contributed by atoms with Crippen LogP contribution in [0.25, 0.3) is 0 Å². The van der Waals surface area contributed by atoms with E-state index in [2.05, 4.69) is 101 Å². The lowest BCUT2D eigenvalue weighted by molar-refractivity contribution is -0.232. The summed E-state index contributed by atoms with van der Waals surface area (Å²) in [6.45, 7) is 29.9. The number of carbonyl (C=O) groups is 1. The van der Waals surface area contributed by atoms with Crippen LogP contribution in [0.2, 0.25) is 36.3 Å². The molecule has 4 rings (SSSR count). The highest BCUT2D eigenvalue weighted by molar-refractivity contribution is 6.74. The Morgan fingerprint density at radius 2 is 1.57 bits per heavy atom. The zero-order valence-electron chi connectivity index (χ0n) is 29.2. The smallest absolute Gasteiger partial charge is 0.329 e. The van der Waals surface area contributed by atoms with Gasteiger partial charge < -0.3 is 18.7 Å². The Kier molecular flexibility index (Phi) is 8.91. The van der Waals surface area contributed by atoms with E-state index in [1.54, 1.807) is 5.57 Å². The van der Waals surface area contributed by atoms with E-state index in [1.165, 1.54) is 37.7 Å². The predicted octanol–water partition coefficient (Wildman–Crippen LogP) is 9.72. The van der Waals surface area contributed by atoms with E-state index in [1.807, 2.05) is 0 Å². The molecule has 0 radical (unpaired) electrons. The maximum Gasteiger partial charge on any atom is 0.329 e. The molecule has 42 heavy (non-hydrogen) atoms. The van der Waals surface area contributed by atoms with Crippen LogP contribution in [0.1, 0.15) is 107 Å². The molecular formula is C35H62O5Si2. The molecule has 3 fully saturated rings. The van der Waals surface area contributed by atoms with Crippen LogP contribution in [0.4, 0.5) is 0 Å². The minimum atomic E-state index is -2.32. The Labute approximate surface area is 259 Å². The fourth-order valence-corrected chi connectivity index (χ4v) is 11.4. The van der Waals surface area contributed by atoms with Gasteiger partial charge in [-0.2, -0.15) is 0 Å². The van der Waals surface area contributed by atoms with Gasteiger partial charge in [-0.25, -0.2) is 4.79 Å². The van der Waals surface area contributed by atoms with E-state index in [9.17, 15) is 9.90 Å². The summed E-state index contributed by atoms with van der Waals surface area (Å²) >= 11 is 0. The quantitative estimate of drug-likeness (QED) is 0.217. The number of hydrogen-bond donors (Lipinski definition) is 1. The summed E-state index contributed by atoms with van der Waals surface area (Å²) in [5.41, 5.74) is 3.20. The molecule has 0 aromatic heterocycles. The van der Waals surface area contributed by atoms with Crippen LogP contribution < -0.4 is 0 Å². The van der Waals surface area contributed by atoms with Gasteiger partial charge in [-0.05, 0) is 85.1 Å². The van der Waals surface area contributed by atoms with Crippen molar-refractivity contribution in [2.45, 2.75) is 155 Å². The molecular weight excluding hydrogens is 557 g/mol. The van der Waals surface area contributed by atoms with E-state index in [4.69, 9.17) is 13.6 Å². The van der Waals surface area contributed by atoms with E-state index in [0.717, 1.165) is 5.92 Å². The second kappa shape index (κ2) is 11.0. The van der Waals surface area contributed by atoms with Crippen molar-refractivity contribution in [1.82, 2.24) is 0 Å². The summed E-state index contributed by atoms with van der Waals surface area (Å²) in [6.07, 6.45) is 12.3. The molecule has 7 atom stereocenters. The number of aliphatic carboxylic acids is 1. The van der Waals surface area contributed by atoms with Gasteiger partial charge in [0.2, 0.25) is 0 Å². The fraction of sp³-hybridized carbons (Fsp3) is 0.857. The molecule has 0 spiro atoms. The predicted molar refractivity (Wildman–Crippen MR) is 178 cm³/mol. The van der Waals surface area contributed by atoms with Crippen LogP contribution in [-0.2, 0) is 18.4 Å². The molecule has 240 valence electrons. The van der Waals surface area contributed by atoms with Gasteiger partial charge in [-0.1, -0.05) is 92.0 Å². The van der Waals surface area contributed by atoms with Crippen molar-refractivity contribution in [2.75, 3.05) is 6.61 Å². The monoisotopic (exact) mass is 618 g/mol. The molecule has 4 aliphatic carbocycles. The van der Waals surface area contributed by atoms with Crippen LogP contribution >= 0.6 is 0 Å². The third-order valence-electron chi connectivity index (χ3n) is 13.3. The summed E-state index contributed by atoms with van der Waals surface area (Å²) in [7, 11) is -4.52. The second-order valence-electron chi connectivity index (χ2n) is 17.7. The standard InChI is InChI=1S/C35H62O5Si2/c1-14-24-16-18-27-26-17-15-25-21-35(38-23-30(36)37,40-42(12,13)32(5,6)7)22-29(39-41(10,11)31(2,3)4)34(25,9)28(26)19-20-33(24,27)8/h15,17,24,27-29H,14,16,18-23H2,1-13H3,(H,36,37)/t24-,27?,28-,29-,33+,34-,35+/m0/s1. The molecule has 0 bridgehead atoms. The summed E-state index contributed by atoms with van der Waals surface area (Å²) < 4.78 is 21.1. The third-order valence-corrected chi connectivity index (χ3v) is 22.2. The number of carboxylic acid groups (broad SMARTS) is 1. The lowest BCUT2D eigenvalue weighted by Gasteiger charge is -2.61. The van der Waals surface area contributed by atoms with Gasteiger partial charge >= 0.3 is 5.97 Å². The summed E-state index contributed by atoms with van der Waals surface area (Å²) in [6, 6.07) is 0. The largest absolute Gasteiger partial charge is 0.480 e. The van der Waals surface area contributed by atoms with Crippen LogP contribution in [0.3, 0.4) is 0 Å². The van der Waals surface area contributed by atoms with Gasteiger partial charge in [-0.15, -0.1) is 0 Å². The number of carboxylic acids is 1. The van der Waals surface area contributed by atoms with Crippen molar-refractivity contribution in [1.29, 1.82) is 0 Å². The Balaban J connectivity index is 1.85. The zero-order valence-corrected chi connectivity index (χ0v) is 31.2. The van der Waals surface area contributed by atoms with Crippen LogP contribution in [0, 0.1) is 28.6 Å². The maximum atomic E-state index is 11.9. The van der Waals surface area contributed by atoms with Crippen LogP contribution in [0.5, 0.6) is 0 Å². The average Bonchev–Trinajstić information content (AvgIpc) is 3.18. The van der Waals surface area contributed by atoms with Crippen molar-refractivity contribution in [3.8, 4) is 0 Å². The first kappa shape index (κ1) is 34.1. The van der Waals surface area contributed by atoms with Crippen LogP contribution in [-0.4, -0.2) is 46.2 Å². The highest BCUT2D eigenvalue weighted by Crippen LogP contribution is 2.67. The van der Waals surface area contributed by atoms with Gasteiger partial charge in [0.15, 0.2) is 22.4 Å². The second-order valence-corrected chi connectivity index (χ2v) is 27.2. The first-order valence-corrected chi connectivity index (χ1v) is 22.5. The van der Waals surface area contributed by atoms with Gasteiger partial charge in [0, 0.05) is 18.3 Å². The topological polar surface area (TPSA) is 65.0 Å². The number of allylic oxidation sites excluding steroid dienone is 3. The molecule has 0 aliphatic heterocycles. The molecule has 7 heteroatoms. The summed E-state index contributed by atoms with van der Waals surface area (Å²) in [5, 5.41) is 9.76. The van der Waals surface area contributed by atoms with E-state index in [0.29, 0.717) is 30.1 Å². The Hall–Kier alpha value is -0.736. The van der Waals surface area contributed by atoms with Gasteiger partial charge in [0.25, 0.3) is 0 Å². The highest BCUT2D eigenvalue weighted by Gasteiger charge is 2.63.